The van der Waals surface area contributed by atoms with Gasteiger partial charge in [0.1, 0.15) is 11.6 Å². The number of piperazine rings is 1. The van der Waals surface area contributed by atoms with E-state index in [9.17, 15) is 8.78 Å². The van der Waals surface area contributed by atoms with Crippen LogP contribution in [0, 0.1) is 23.5 Å². The standard InChI is InChI=1S/C17H24F2N2/c1-11(2)16-9-20-17(3,12-4-5-12)10-21(16)15-7-6-13(18)8-14(15)19/h6-8,11-12,16,20H,4-5,9-10H2,1-3H3. The summed E-state index contributed by atoms with van der Waals surface area (Å²) in [6, 6.07) is 4.16. The van der Waals surface area contributed by atoms with Crippen LogP contribution in [-0.4, -0.2) is 24.7 Å². The molecule has 2 atom stereocenters. The third kappa shape index (κ3) is 2.78. The van der Waals surface area contributed by atoms with Crippen LogP contribution in [0.15, 0.2) is 18.2 Å². The van der Waals surface area contributed by atoms with Crippen molar-refractivity contribution in [3.63, 3.8) is 0 Å². The molecule has 1 aliphatic carbocycles. The summed E-state index contributed by atoms with van der Waals surface area (Å²) in [5, 5.41) is 3.68. The van der Waals surface area contributed by atoms with E-state index < -0.39 is 11.6 Å². The molecule has 0 bridgehead atoms. The van der Waals surface area contributed by atoms with Gasteiger partial charge in [0, 0.05) is 30.7 Å². The van der Waals surface area contributed by atoms with Gasteiger partial charge in [-0.3, -0.25) is 0 Å². The quantitative estimate of drug-likeness (QED) is 0.917. The Kier molecular flexibility index (Phi) is 3.68. The highest BCUT2D eigenvalue weighted by Gasteiger charge is 2.46. The molecule has 2 fully saturated rings. The SMILES string of the molecule is CC(C)C1CNC(C)(C2CC2)CN1c1ccc(F)cc1F. The molecule has 0 spiro atoms. The Morgan fingerprint density at radius 3 is 2.57 bits per heavy atom. The average Bonchev–Trinajstić information content (AvgIpc) is 3.22. The summed E-state index contributed by atoms with van der Waals surface area (Å²) in [6.45, 7) is 8.17. The Hall–Kier alpha value is -1.16. The number of anilines is 1. The van der Waals surface area contributed by atoms with Crippen molar-refractivity contribution < 1.29 is 8.78 Å². The summed E-state index contributed by atoms with van der Waals surface area (Å²) in [5.74, 6) is 0.112. The maximum absolute atomic E-state index is 14.2. The summed E-state index contributed by atoms with van der Waals surface area (Å²) >= 11 is 0. The Morgan fingerprint density at radius 1 is 1.29 bits per heavy atom. The largest absolute Gasteiger partial charge is 0.363 e. The second kappa shape index (κ2) is 5.24. The maximum Gasteiger partial charge on any atom is 0.149 e. The van der Waals surface area contributed by atoms with E-state index in [4.69, 9.17) is 0 Å². The molecule has 1 aromatic carbocycles. The Labute approximate surface area is 125 Å². The molecule has 0 aromatic heterocycles. The lowest BCUT2D eigenvalue weighted by Crippen LogP contribution is -2.65. The van der Waals surface area contributed by atoms with Crippen LogP contribution in [0.2, 0.25) is 0 Å². The molecule has 4 heteroatoms. The zero-order valence-electron chi connectivity index (χ0n) is 13.0. The first-order valence-electron chi connectivity index (χ1n) is 7.87. The Morgan fingerprint density at radius 2 is 2.00 bits per heavy atom. The fourth-order valence-corrected chi connectivity index (χ4v) is 3.54. The molecule has 2 aliphatic rings. The summed E-state index contributed by atoms with van der Waals surface area (Å²) < 4.78 is 27.4. The van der Waals surface area contributed by atoms with Gasteiger partial charge in [-0.25, -0.2) is 8.78 Å². The van der Waals surface area contributed by atoms with Crippen LogP contribution in [0.25, 0.3) is 0 Å². The normalized spacial score (nSPS) is 30.0. The van der Waals surface area contributed by atoms with Gasteiger partial charge in [0.25, 0.3) is 0 Å². The van der Waals surface area contributed by atoms with E-state index in [1.807, 2.05) is 0 Å². The van der Waals surface area contributed by atoms with Gasteiger partial charge in [-0.05, 0) is 43.7 Å². The molecule has 2 nitrogen and oxygen atoms in total. The van der Waals surface area contributed by atoms with Crippen molar-refractivity contribution >= 4 is 5.69 Å². The molecule has 1 aliphatic heterocycles. The fraction of sp³-hybridized carbons (Fsp3) is 0.647. The van der Waals surface area contributed by atoms with Crippen molar-refractivity contribution in [3.8, 4) is 0 Å². The zero-order chi connectivity index (χ0) is 15.2. The van der Waals surface area contributed by atoms with Crippen molar-refractivity contribution in [2.45, 2.75) is 45.2 Å². The smallest absolute Gasteiger partial charge is 0.149 e. The number of benzene rings is 1. The number of nitrogens with zero attached hydrogens (tertiary/aromatic N) is 1. The summed E-state index contributed by atoms with van der Waals surface area (Å²) in [5.41, 5.74) is 0.565. The van der Waals surface area contributed by atoms with Gasteiger partial charge in [-0.1, -0.05) is 13.8 Å². The van der Waals surface area contributed by atoms with E-state index in [1.165, 1.54) is 18.9 Å². The minimum Gasteiger partial charge on any atom is -0.363 e. The second-order valence-electron chi connectivity index (χ2n) is 7.11. The molecular weight excluding hydrogens is 270 g/mol. The first-order chi connectivity index (χ1) is 9.90. The first-order valence-corrected chi connectivity index (χ1v) is 7.87. The molecular formula is C17H24F2N2. The van der Waals surface area contributed by atoms with Gasteiger partial charge in [-0.15, -0.1) is 0 Å². The average molecular weight is 294 g/mol. The highest BCUT2D eigenvalue weighted by atomic mass is 19.1. The molecule has 2 unspecified atom stereocenters. The first kappa shape index (κ1) is 14.8. The predicted octanol–water partition coefficient (Wildman–Crippen LogP) is 3.57. The fourth-order valence-electron chi connectivity index (χ4n) is 3.54. The number of hydrogen-bond acceptors (Lipinski definition) is 2. The molecule has 1 saturated heterocycles. The van der Waals surface area contributed by atoms with Crippen molar-refractivity contribution in [3.05, 3.63) is 29.8 Å². The van der Waals surface area contributed by atoms with Gasteiger partial charge >= 0.3 is 0 Å². The van der Waals surface area contributed by atoms with E-state index in [0.29, 0.717) is 17.5 Å². The second-order valence-corrected chi connectivity index (χ2v) is 7.11. The van der Waals surface area contributed by atoms with Crippen molar-refractivity contribution in [1.29, 1.82) is 0 Å². The molecule has 1 heterocycles. The lowest BCUT2D eigenvalue weighted by Gasteiger charge is -2.49. The summed E-state index contributed by atoms with van der Waals surface area (Å²) in [7, 11) is 0. The third-order valence-electron chi connectivity index (χ3n) is 5.08. The number of halogens is 2. The molecule has 21 heavy (non-hydrogen) atoms. The van der Waals surface area contributed by atoms with Crippen molar-refractivity contribution in [2.75, 3.05) is 18.0 Å². The summed E-state index contributed by atoms with van der Waals surface area (Å²) in [4.78, 5) is 2.15. The zero-order valence-corrected chi connectivity index (χ0v) is 13.0. The van der Waals surface area contributed by atoms with E-state index in [2.05, 4.69) is 31.0 Å². The van der Waals surface area contributed by atoms with E-state index in [-0.39, 0.29) is 11.6 Å². The van der Waals surface area contributed by atoms with Crippen LogP contribution < -0.4 is 10.2 Å². The predicted molar refractivity (Wildman–Crippen MR) is 81.5 cm³/mol. The third-order valence-corrected chi connectivity index (χ3v) is 5.08. The molecule has 0 radical (unpaired) electrons. The molecule has 3 rings (SSSR count). The highest BCUT2D eigenvalue weighted by Crippen LogP contribution is 2.43. The van der Waals surface area contributed by atoms with Gasteiger partial charge in [0.05, 0.1) is 5.69 Å². The Bertz CT molecular complexity index is 528. The van der Waals surface area contributed by atoms with E-state index in [1.54, 1.807) is 6.07 Å². The number of rotatable bonds is 3. The monoisotopic (exact) mass is 294 g/mol. The Balaban J connectivity index is 1.93. The van der Waals surface area contributed by atoms with Crippen LogP contribution >= 0.6 is 0 Å². The lowest BCUT2D eigenvalue weighted by molar-refractivity contribution is 0.232. The minimum atomic E-state index is -0.516. The molecule has 1 saturated carbocycles. The van der Waals surface area contributed by atoms with Crippen LogP contribution in [0.5, 0.6) is 0 Å². The van der Waals surface area contributed by atoms with Gasteiger partial charge in [0.15, 0.2) is 0 Å². The summed E-state index contributed by atoms with van der Waals surface area (Å²) in [6.07, 6.45) is 2.49. The molecule has 1 N–H and O–H groups in total. The maximum atomic E-state index is 14.2. The molecule has 0 amide bonds. The van der Waals surface area contributed by atoms with E-state index in [0.717, 1.165) is 19.2 Å². The van der Waals surface area contributed by atoms with Crippen LogP contribution in [0.3, 0.4) is 0 Å². The van der Waals surface area contributed by atoms with Crippen LogP contribution in [0.1, 0.15) is 33.6 Å². The number of nitrogens with one attached hydrogen (secondary N) is 1. The van der Waals surface area contributed by atoms with Gasteiger partial charge in [0.2, 0.25) is 0 Å². The van der Waals surface area contributed by atoms with Crippen molar-refractivity contribution in [1.82, 2.24) is 5.32 Å². The molecule has 116 valence electrons. The van der Waals surface area contributed by atoms with E-state index >= 15 is 0 Å². The van der Waals surface area contributed by atoms with Crippen LogP contribution in [0.4, 0.5) is 14.5 Å². The van der Waals surface area contributed by atoms with Gasteiger partial charge in [-0.2, -0.15) is 0 Å². The lowest BCUT2D eigenvalue weighted by atomic mass is 9.87. The number of hydrogen-bond donors (Lipinski definition) is 1. The highest BCUT2D eigenvalue weighted by molar-refractivity contribution is 5.50. The van der Waals surface area contributed by atoms with Crippen LogP contribution in [-0.2, 0) is 0 Å². The van der Waals surface area contributed by atoms with Gasteiger partial charge < -0.3 is 10.2 Å². The topological polar surface area (TPSA) is 15.3 Å². The molecule has 1 aromatic rings. The van der Waals surface area contributed by atoms with Crippen molar-refractivity contribution in [2.24, 2.45) is 11.8 Å². The minimum absolute atomic E-state index is 0.0339.